The van der Waals surface area contributed by atoms with Crippen LogP contribution in [0.15, 0.2) is 54.9 Å². The van der Waals surface area contributed by atoms with Gasteiger partial charge in [0, 0.05) is 36.6 Å². The Morgan fingerprint density at radius 1 is 1.06 bits per heavy atom. The van der Waals surface area contributed by atoms with Gasteiger partial charge in [-0.15, -0.1) is 0 Å². The van der Waals surface area contributed by atoms with Gasteiger partial charge in [-0.05, 0) is 49.4 Å². The van der Waals surface area contributed by atoms with Crippen LogP contribution in [0.3, 0.4) is 0 Å². The molecule has 9 heteroatoms. The smallest absolute Gasteiger partial charge is 0.211 e. The summed E-state index contributed by atoms with van der Waals surface area (Å²) in [7, 11) is 0. The Hall–Kier alpha value is -2.71. The molecule has 1 aliphatic heterocycles. The van der Waals surface area contributed by atoms with E-state index in [-0.39, 0.29) is 0 Å². The summed E-state index contributed by atoms with van der Waals surface area (Å²) in [6.45, 7) is 7.08. The van der Waals surface area contributed by atoms with E-state index in [0.717, 1.165) is 61.2 Å². The highest BCUT2D eigenvalue weighted by atomic mass is 35.5. The van der Waals surface area contributed by atoms with Crippen LogP contribution >= 0.6 is 23.2 Å². The molecule has 1 fully saturated rings. The number of carbonyl (C=O) groups is 1. The van der Waals surface area contributed by atoms with E-state index in [1.54, 1.807) is 12.1 Å². The fourth-order valence-corrected chi connectivity index (χ4v) is 3.40. The first kappa shape index (κ1) is 24.9. The number of rotatable bonds is 7. The highest BCUT2D eigenvalue weighted by Gasteiger charge is 2.09. The van der Waals surface area contributed by atoms with Crippen molar-refractivity contribution in [3.8, 4) is 17.0 Å². The van der Waals surface area contributed by atoms with Crippen molar-refractivity contribution in [1.82, 2.24) is 14.9 Å². The third kappa shape index (κ3) is 8.29. The lowest BCUT2D eigenvalue weighted by atomic mass is 10.1. The molecule has 1 N–H and O–H groups in total. The third-order valence-electron chi connectivity index (χ3n) is 4.88. The minimum Gasteiger partial charge on any atom is -0.492 e. The van der Waals surface area contributed by atoms with Crippen molar-refractivity contribution in [2.24, 2.45) is 0 Å². The second-order valence-corrected chi connectivity index (χ2v) is 8.08. The first-order chi connectivity index (χ1) is 16.0. The molecule has 3 aromatic rings. The van der Waals surface area contributed by atoms with Crippen LogP contribution in [0, 0.1) is 6.92 Å². The van der Waals surface area contributed by atoms with Gasteiger partial charge in [0.2, 0.25) is 6.41 Å². The minimum atomic E-state index is 0.533. The van der Waals surface area contributed by atoms with Crippen LogP contribution in [0.1, 0.15) is 5.69 Å². The van der Waals surface area contributed by atoms with Crippen molar-refractivity contribution in [2.45, 2.75) is 6.92 Å². The highest BCUT2D eigenvalue weighted by Crippen LogP contribution is 2.27. The first-order valence-electron chi connectivity index (χ1n) is 10.5. The Morgan fingerprint density at radius 2 is 1.82 bits per heavy atom. The Balaban J connectivity index is 0.000000189. The van der Waals surface area contributed by atoms with Gasteiger partial charge >= 0.3 is 0 Å². The molecule has 0 atom stereocenters. The van der Waals surface area contributed by atoms with E-state index in [9.17, 15) is 4.79 Å². The van der Waals surface area contributed by atoms with E-state index in [4.69, 9.17) is 32.7 Å². The molecule has 4 rings (SSSR count). The quantitative estimate of drug-likeness (QED) is 0.484. The number of aromatic nitrogens is 2. The molecule has 0 bridgehead atoms. The van der Waals surface area contributed by atoms with Crippen LogP contribution < -0.4 is 10.1 Å². The van der Waals surface area contributed by atoms with Crippen molar-refractivity contribution < 1.29 is 14.3 Å². The molecular weight excluding hydrogens is 463 g/mol. The van der Waals surface area contributed by atoms with Crippen LogP contribution in [-0.4, -0.2) is 60.7 Å². The molecule has 1 aliphatic rings. The third-order valence-corrected chi connectivity index (χ3v) is 5.62. The van der Waals surface area contributed by atoms with Gasteiger partial charge in [0.1, 0.15) is 18.7 Å². The maximum atomic E-state index is 10.2. The topological polar surface area (TPSA) is 76.6 Å². The lowest BCUT2D eigenvalue weighted by Crippen LogP contribution is -2.38. The van der Waals surface area contributed by atoms with Crippen molar-refractivity contribution in [3.05, 3.63) is 70.6 Å². The van der Waals surface area contributed by atoms with E-state index in [2.05, 4.69) is 20.2 Å². The summed E-state index contributed by atoms with van der Waals surface area (Å²) in [5, 5.41) is 3.66. The van der Waals surface area contributed by atoms with Crippen LogP contribution in [0.2, 0.25) is 10.0 Å². The van der Waals surface area contributed by atoms with Crippen LogP contribution in [0.4, 0.5) is 5.69 Å². The van der Waals surface area contributed by atoms with Crippen LogP contribution in [0.25, 0.3) is 11.3 Å². The number of hydrogen-bond donors (Lipinski definition) is 1. The molecule has 33 heavy (non-hydrogen) atoms. The monoisotopic (exact) mass is 488 g/mol. The Kier molecular flexibility index (Phi) is 9.90. The lowest BCUT2D eigenvalue weighted by Gasteiger charge is -2.26. The van der Waals surface area contributed by atoms with Gasteiger partial charge in [-0.2, -0.15) is 0 Å². The first-order valence-corrected chi connectivity index (χ1v) is 11.3. The fourth-order valence-electron chi connectivity index (χ4n) is 3.10. The predicted molar refractivity (Wildman–Crippen MR) is 131 cm³/mol. The van der Waals surface area contributed by atoms with E-state index in [1.807, 2.05) is 43.3 Å². The van der Waals surface area contributed by atoms with Crippen LogP contribution in [-0.2, 0) is 9.53 Å². The van der Waals surface area contributed by atoms with Crippen molar-refractivity contribution >= 4 is 35.3 Å². The molecule has 2 heterocycles. The average molecular weight is 489 g/mol. The molecule has 0 aliphatic carbocycles. The summed E-state index contributed by atoms with van der Waals surface area (Å²) in [6, 6.07) is 14.7. The molecule has 0 radical (unpaired) electrons. The molecule has 1 amide bonds. The zero-order valence-electron chi connectivity index (χ0n) is 18.3. The molecule has 0 spiro atoms. The summed E-state index contributed by atoms with van der Waals surface area (Å²) >= 11 is 11.8. The van der Waals surface area contributed by atoms with Gasteiger partial charge in [-0.25, -0.2) is 9.97 Å². The fraction of sp³-hybridized carbons (Fsp3) is 0.292. The zero-order chi connectivity index (χ0) is 23.5. The van der Waals surface area contributed by atoms with E-state index >= 15 is 0 Å². The number of hydrogen-bond acceptors (Lipinski definition) is 6. The summed E-state index contributed by atoms with van der Waals surface area (Å²) in [5.74, 6) is 0.819. The van der Waals surface area contributed by atoms with Crippen molar-refractivity contribution in [1.29, 1.82) is 0 Å². The maximum Gasteiger partial charge on any atom is 0.211 e. The van der Waals surface area contributed by atoms with Gasteiger partial charge in [0.05, 0.1) is 29.0 Å². The van der Waals surface area contributed by atoms with Crippen molar-refractivity contribution in [2.75, 3.05) is 44.8 Å². The molecular formula is C24H26Cl2N4O3. The van der Waals surface area contributed by atoms with E-state index < -0.39 is 0 Å². The standard InChI is InChI=1S/C13H18N2O3.C11H8Cl2N2/c16-11-14-12-1-3-13(4-2-12)18-10-7-15-5-8-17-9-6-15;1-7-4-11(15-6-14-7)8-2-3-9(12)10(13)5-8/h1-4,11H,5-10H2,(H,14,16);2-6H,1H3. The molecule has 2 aromatic carbocycles. The Labute approximate surface area is 203 Å². The number of aryl methyl sites for hydroxylation is 1. The molecule has 0 saturated carbocycles. The van der Waals surface area contributed by atoms with Gasteiger partial charge in [-0.3, -0.25) is 9.69 Å². The largest absolute Gasteiger partial charge is 0.492 e. The number of amides is 1. The molecule has 1 aromatic heterocycles. The number of carbonyl (C=O) groups excluding carboxylic acids is 1. The van der Waals surface area contributed by atoms with E-state index in [1.165, 1.54) is 6.33 Å². The number of nitrogens with zero attached hydrogens (tertiary/aromatic N) is 3. The number of halogens is 2. The van der Waals surface area contributed by atoms with E-state index in [0.29, 0.717) is 23.1 Å². The normalized spacial score (nSPS) is 13.5. The average Bonchev–Trinajstić information content (AvgIpc) is 2.83. The van der Waals surface area contributed by atoms with Crippen molar-refractivity contribution in [3.63, 3.8) is 0 Å². The SMILES string of the molecule is Cc1cc(-c2ccc(Cl)c(Cl)c2)ncn1.O=CNc1ccc(OCCN2CCOCC2)cc1. The highest BCUT2D eigenvalue weighted by molar-refractivity contribution is 6.42. The van der Waals surface area contributed by atoms with Gasteiger partial charge in [0.25, 0.3) is 0 Å². The second-order valence-electron chi connectivity index (χ2n) is 7.26. The predicted octanol–water partition coefficient (Wildman–Crippen LogP) is 4.72. The van der Waals surface area contributed by atoms with Gasteiger partial charge < -0.3 is 14.8 Å². The number of benzene rings is 2. The zero-order valence-corrected chi connectivity index (χ0v) is 19.9. The molecule has 1 saturated heterocycles. The number of anilines is 1. The molecule has 174 valence electrons. The van der Waals surface area contributed by atoms with Crippen LogP contribution in [0.5, 0.6) is 5.75 Å². The Morgan fingerprint density at radius 3 is 2.48 bits per heavy atom. The maximum absolute atomic E-state index is 10.2. The number of nitrogens with one attached hydrogen (secondary N) is 1. The molecule has 7 nitrogen and oxygen atoms in total. The Bertz CT molecular complexity index is 1030. The molecule has 0 unspecified atom stereocenters. The number of ether oxygens (including phenoxy) is 2. The summed E-state index contributed by atoms with van der Waals surface area (Å²) in [6.07, 6.45) is 2.20. The minimum absolute atomic E-state index is 0.533. The van der Waals surface area contributed by atoms with Gasteiger partial charge in [0.15, 0.2) is 0 Å². The van der Waals surface area contributed by atoms with Gasteiger partial charge in [-0.1, -0.05) is 29.3 Å². The second kappa shape index (κ2) is 13.1. The summed E-state index contributed by atoms with van der Waals surface area (Å²) in [5.41, 5.74) is 3.48. The summed E-state index contributed by atoms with van der Waals surface area (Å²) < 4.78 is 10.9. The number of morpholine rings is 1. The lowest BCUT2D eigenvalue weighted by molar-refractivity contribution is -0.105. The summed E-state index contributed by atoms with van der Waals surface area (Å²) in [4.78, 5) is 20.8.